The molecule has 1 nitrogen and oxygen atoms in total. The van der Waals surface area contributed by atoms with Crippen LogP contribution in [0.2, 0.25) is 0 Å². The van der Waals surface area contributed by atoms with Crippen molar-refractivity contribution in [3.05, 3.63) is 35.6 Å². The van der Waals surface area contributed by atoms with Gasteiger partial charge in [0.05, 0.1) is 0 Å². The van der Waals surface area contributed by atoms with Gasteiger partial charge in [-0.3, -0.25) is 0 Å². The highest BCUT2D eigenvalue weighted by Gasteiger charge is 2.23. The van der Waals surface area contributed by atoms with Gasteiger partial charge < -0.3 is 5.32 Å². The zero-order chi connectivity index (χ0) is 12.3. The Kier molecular flexibility index (Phi) is 4.16. The van der Waals surface area contributed by atoms with E-state index in [0.29, 0.717) is 6.04 Å². The molecule has 1 saturated carbocycles. The molecule has 2 rings (SSSR count). The highest BCUT2D eigenvalue weighted by Crippen LogP contribution is 2.30. The first-order chi connectivity index (χ1) is 8.16. The van der Waals surface area contributed by atoms with Crippen LogP contribution in [0.5, 0.6) is 0 Å². The summed E-state index contributed by atoms with van der Waals surface area (Å²) in [5.41, 5.74) is 1.16. The van der Waals surface area contributed by atoms with E-state index < -0.39 is 0 Å². The van der Waals surface area contributed by atoms with E-state index in [2.05, 4.69) is 19.2 Å². The molecule has 0 heterocycles. The van der Waals surface area contributed by atoms with Gasteiger partial charge in [-0.25, -0.2) is 4.39 Å². The summed E-state index contributed by atoms with van der Waals surface area (Å²) in [5, 5.41) is 3.57. The van der Waals surface area contributed by atoms with Crippen LogP contribution in [-0.4, -0.2) is 6.54 Å². The van der Waals surface area contributed by atoms with Crippen LogP contribution in [0, 0.1) is 17.7 Å². The van der Waals surface area contributed by atoms with Gasteiger partial charge in [-0.05, 0) is 49.4 Å². The summed E-state index contributed by atoms with van der Waals surface area (Å²) >= 11 is 0. The van der Waals surface area contributed by atoms with Crippen LogP contribution < -0.4 is 5.32 Å². The van der Waals surface area contributed by atoms with Gasteiger partial charge in [0.2, 0.25) is 0 Å². The summed E-state index contributed by atoms with van der Waals surface area (Å²) in [6.45, 7) is 5.58. The molecule has 0 radical (unpaired) electrons. The quantitative estimate of drug-likeness (QED) is 0.834. The SMILES string of the molecule is CC(NCC1CCCC1C)c1ccc(F)cc1. The van der Waals surface area contributed by atoms with E-state index in [1.807, 2.05) is 12.1 Å². The van der Waals surface area contributed by atoms with E-state index in [-0.39, 0.29) is 5.82 Å². The monoisotopic (exact) mass is 235 g/mol. The first-order valence-electron chi connectivity index (χ1n) is 6.65. The van der Waals surface area contributed by atoms with E-state index in [1.165, 1.54) is 31.4 Å². The third-order valence-corrected chi connectivity index (χ3v) is 4.10. The van der Waals surface area contributed by atoms with Crippen LogP contribution in [0.15, 0.2) is 24.3 Å². The first-order valence-corrected chi connectivity index (χ1v) is 6.65. The van der Waals surface area contributed by atoms with Crippen LogP contribution in [0.3, 0.4) is 0 Å². The molecule has 1 N–H and O–H groups in total. The van der Waals surface area contributed by atoms with E-state index in [1.54, 1.807) is 0 Å². The van der Waals surface area contributed by atoms with Gasteiger partial charge in [0.15, 0.2) is 0 Å². The summed E-state index contributed by atoms with van der Waals surface area (Å²) in [6, 6.07) is 7.11. The van der Waals surface area contributed by atoms with Gasteiger partial charge in [0.1, 0.15) is 5.82 Å². The largest absolute Gasteiger partial charge is 0.310 e. The topological polar surface area (TPSA) is 12.0 Å². The van der Waals surface area contributed by atoms with Gasteiger partial charge in [-0.2, -0.15) is 0 Å². The molecule has 2 heteroatoms. The van der Waals surface area contributed by atoms with Crippen molar-refractivity contribution in [3.63, 3.8) is 0 Å². The lowest BCUT2D eigenvalue weighted by atomic mass is 9.97. The van der Waals surface area contributed by atoms with Crippen molar-refractivity contribution < 1.29 is 4.39 Å². The van der Waals surface area contributed by atoms with E-state index in [9.17, 15) is 4.39 Å². The third-order valence-electron chi connectivity index (χ3n) is 4.10. The Morgan fingerprint density at radius 3 is 2.59 bits per heavy atom. The normalized spacial score (nSPS) is 26.1. The Hall–Kier alpha value is -0.890. The highest BCUT2D eigenvalue weighted by atomic mass is 19.1. The Morgan fingerprint density at radius 1 is 1.29 bits per heavy atom. The molecule has 17 heavy (non-hydrogen) atoms. The molecule has 0 amide bonds. The van der Waals surface area contributed by atoms with Gasteiger partial charge in [-0.15, -0.1) is 0 Å². The van der Waals surface area contributed by atoms with Crippen molar-refractivity contribution in [1.29, 1.82) is 0 Å². The molecule has 1 fully saturated rings. The fraction of sp³-hybridized carbons (Fsp3) is 0.600. The Balaban J connectivity index is 1.84. The van der Waals surface area contributed by atoms with Crippen molar-refractivity contribution in [3.8, 4) is 0 Å². The van der Waals surface area contributed by atoms with Crippen molar-refractivity contribution >= 4 is 0 Å². The summed E-state index contributed by atoms with van der Waals surface area (Å²) in [5.74, 6) is 1.51. The average molecular weight is 235 g/mol. The standard InChI is InChI=1S/C15H22FN/c1-11-4-3-5-14(11)10-17-12(2)13-6-8-15(16)9-7-13/h6-9,11-12,14,17H,3-5,10H2,1-2H3. The second-order valence-corrected chi connectivity index (χ2v) is 5.35. The maximum atomic E-state index is 12.8. The predicted octanol–water partition coefficient (Wildman–Crippen LogP) is 3.91. The second kappa shape index (κ2) is 5.63. The van der Waals surface area contributed by atoms with Crippen LogP contribution in [0.4, 0.5) is 4.39 Å². The Labute approximate surface area is 103 Å². The molecule has 0 saturated heterocycles. The zero-order valence-corrected chi connectivity index (χ0v) is 10.7. The number of benzene rings is 1. The average Bonchev–Trinajstić information content (AvgIpc) is 2.73. The lowest BCUT2D eigenvalue weighted by Crippen LogP contribution is -2.27. The van der Waals surface area contributed by atoms with E-state index in [4.69, 9.17) is 0 Å². The number of hydrogen-bond donors (Lipinski definition) is 1. The predicted molar refractivity (Wildman–Crippen MR) is 69.3 cm³/mol. The van der Waals surface area contributed by atoms with Gasteiger partial charge in [0, 0.05) is 6.04 Å². The third kappa shape index (κ3) is 3.29. The van der Waals surface area contributed by atoms with Crippen molar-refractivity contribution in [2.24, 2.45) is 11.8 Å². The Bertz CT molecular complexity index is 346. The van der Waals surface area contributed by atoms with Gasteiger partial charge >= 0.3 is 0 Å². The van der Waals surface area contributed by atoms with E-state index >= 15 is 0 Å². The molecule has 1 aliphatic carbocycles. The fourth-order valence-electron chi connectivity index (χ4n) is 2.72. The highest BCUT2D eigenvalue weighted by molar-refractivity contribution is 5.19. The van der Waals surface area contributed by atoms with Crippen LogP contribution in [-0.2, 0) is 0 Å². The number of nitrogens with one attached hydrogen (secondary N) is 1. The molecule has 0 spiro atoms. The summed E-state index contributed by atoms with van der Waals surface area (Å²) < 4.78 is 12.8. The molecule has 1 aromatic rings. The van der Waals surface area contributed by atoms with Crippen molar-refractivity contribution in [2.45, 2.75) is 39.2 Å². The number of rotatable bonds is 4. The minimum absolute atomic E-state index is 0.162. The molecule has 3 atom stereocenters. The molecular formula is C15H22FN. The lowest BCUT2D eigenvalue weighted by molar-refractivity contribution is 0.375. The van der Waals surface area contributed by atoms with Crippen LogP contribution in [0.1, 0.15) is 44.7 Å². The molecule has 0 aliphatic heterocycles. The van der Waals surface area contributed by atoms with Crippen LogP contribution >= 0.6 is 0 Å². The number of halogens is 1. The molecular weight excluding hydrogens is 213 g/mol. The van der Waals surface area contributed by atoms with Crippen LogP contribution in [0.25, 0.3) is 0 Å². The minimum Gasteiger partial charge on any atom is -0.310 e. The molecule has 0 bridgehead atoms. The molecule has 0 aromatic heterocycles. The molecule has 94 valence electrons. The maximum absolute atomic E-state index is 12.8. The molecule has 1 aromatic carbocycles. The smallest absolute Gasteiger partial charge is 0.123 e. The molecule has 3 unspecified atom stereocenters. The summed E-state index contributed by atoms with van der Waals surface area (Å²) in [7, 11) is 0. The fourth-order valence-corrected chi connectivity index (χ4v) is 2.72. The van der Waals surface area contributed by atoms with Crippen molar-refractivity contribution in [2.75, 3.05) is 6.54 Å². The second-order valence-electron chi connectivity index (χ2n) is 5.35. The molecule has 1 aliphatic rings. The van der Waals surface area contributed by atoms with E-state index in [0.717, 1.165) is 23.9 Å². The maximum Gasteiger partial charge on any atom is 0.123 e. The number of hydrogen-bond acceptors (Lipinski definition) is 1. The first kappa shape index (κ1) is 12.6. The lowest BCUT2D eigenvalue weighted by Gasteiger charge is -2.20. The van der Waals surface area contributed by atoms with Crippen molar-refractivity contribution in [1.82, 2.24) is 5.32 Å². The van der Waals surface area contributed by atoms with Gasteiger partial charge in [0.25, 0.3) is 0 Å². The zero-order valence-electron chi connectivity index (χ0n) is 10.7. The minimum atomic E-state index is -0.162. The summed E-state index contributed by atoms with van der Waals surface area (Å²) in [4.78, 5) is 0. The van der Waals surface area contributed by atoms with Gasteiger partial charge in [-0.1, -0.05) is 31.9 Å². The Morgan fingerprint density at radius 2 is 2.00 bits per heavy atom. The summed E-state index contributed by atoms with van der Waals surface area (Å²) in [6.07, 6.45) is 4.10.